The molecule has 1 N–H and O–H groups in total. The van der Waals surface area contributed by atoms with E-state index >= 15 is 0 Å². The molecule has 1 aromatic heterocycles. The minimum absolute atomic E-state index is 0.0172. The lowest BCUT2D eigenvalue weighted by Gasteiger charge is -2.12. The second-order valence-corrected chi connectivity index (χ2v) is 5.76. The monoisotopic (exact) mass is 276 g/mol. The molecule has 1 atom stereocenters. The number of hydrogen-bond donors (Lipinski definition) is 1. The lowest BCUT2D eigenvalue weighted by Crippen LogP contribution is -2.34. The van der Waals surface area contributed by atoms with Gasteiger partial charge in [0.15, 0.2) is 5.78 Å². The van der Waals surface area contributed by atoms with Gasteiger partial charge in [0.05, 0.1) is 0 Å². The Morgan fingerprint density at radius 1 is 1.35 bits per heavy atom. The van der Waals surface area contributed by atoms with Crippen molar-refractivity contribution >= 4 is 11.7 Å². The molecule has 0 spiro atoms. The summed E-state index contributed by atoms with van der Waals surface area (Å²) in [6.45, 7) is 4.43. The van der Waals surface area contributed by atoms with Crippen LogP contribution in [0.15, 0.2) is 12.4 Å². The Kier molecular flexibility index (Phi) is 4.99. The standard InChI is InChI=1S/C16H24N2O2/c1-3-6-12(2)17-16(20)11-18-9-13-7-4-5-8-15(19)14(13)10-18/h9-10,12H,3-8,11H2,1-2H3,(H,17,20). The van der Waals surface area contributed by atoms with Crippen molar-refractivity contribution in [3.8, 4) is 0 Å². The van der Waals surface area contributed by atoms with Crippen LogP contribution in [0.3, 0.4) is 0 Å². The number of amides is 1. The maximum Gasteiger partial charge on any atom is 0.240 e. The highest BCUT2D eigenvalue weighted by atomic mass is 16.2. The Hall–Kier alpha value is -1.58. The number of nitrogens with one attached hydrogen (secondary N) is 1. The normalized spacial score (nSPS) is 16.4. The molecule has 0 aliphatic heterocycles. The van der Waals surface area contributed by atoms with Gasteiger partial charge in [-0.2, -0.15) is 0 Å². The van der Waals surface area contributed by atoms with Crippen molar-refractivity contribution < 1.29 is 9.59 Å². The van der Waals surface area contributed by atoms with Crippen LogP contribution in [0.2, 0.25) is 0 Å². The molecule has 4 nitrogen and oxygen atoms in total. The number of rotatable bonds is 5. The van der Waals surface area contributed by atoms with E-state index < -0.39 is 0 Å². The van der Waals surface area contributed by atoms with Crippen LogP contribution in [0.5, 0.6) is 0 Å². The number of fused-ring (bicyclic) bond motifs is 1. The molecule has 1 heterocycles. The zero-order valence-corrected chi connectivity index (χ0v) is 12.4. The molecule has 0 saturated heterocycles. The molecule has 1 aliphatic carbocycles. The summed E-state index contributed by atoms with van der Waals surface area (Å²) in [5, 5.41) is 2.99. The van der Waals surface area contributed by atoms with E-state index in [2.05, 4.69) is 12.2 Å². The molecule has 1 aromatic rings. The van der Waals surface area contributed by atoms with Gasteiger partial charge in [0.2, 0.25) is 5.91 Å². The van der Waals surface area contributed by atoms with E-state index in [-0.39, 0.29) is 17.7 Å². The average Bonchev–Trinajstić information content (AvgIpc) is 2.69. The number of hydrogen-bond acceptors (Lipinski definition) is 2. The van der Waals surface area contributed by atoms with Crippen molar-refractivity contribution in [1.29, 1.82) is 0 Å². The molecule has 0 fully saturated rings. The molecule has 2 rings (SSSR count). The number of ketones is 1. The quantitative estimate of drug-likeness (QED) is 0.841. The van der Waals surface area contributed by atoms with Gasteiger partial charge in [-0.15, -0.1) is 0 Å². The Labute approximate surface area is 120 Å². The van der Waals surface area contributed by atoms with Crippen molar-refractivity contribution in [3.63, 3.8) is 0 Å². The Morgan fingerprint density at radius 3 is 2.85 bits per heavy atom. The van der Waals surface area contributed by atoms with Crippen LogP contribution >= 0.6 is 0 Å². The zero-order chi connectivity index (χ0) is 14.5. The molecular formula is C16H24N2O2. The molecule has 0 bridgehead atoms. The lowest BCUT2D eigenvalue weighted by molar-refractivity contribution is -0.122. The highest BCUT2D eigenvalue weighted by molar-refractivity contribution is 5.97. The largest absolute Gasteiger partial charge is 0.352 e. The predicted molar refractivity (Wildman–Crippen MR) is 78.8 cm³/mol. The van der Waals surface area contributed by atoms with Crippen LogP contribution < -0.4 is 5.32 Å². The van der Waals surface area contributed by atoms with Gasteiger partial charge in [-0.3, -0.25) is 9.59 Å². The Balaban J connectivity index is 1.99. The van der Waals surface area contributed by atoms with E-state index in [0.29, 0.717) is 13.0 Å². The topological polar surface area (TPSA) is 51.1 Å². The second-order valence-electron chi connectivity index (χ2n) is 5.76. The van der Waals surface area contributed by atoms with Gasteiger partial charge in [-0.1, -0.05) is 13.3 Å². The maximum absolute atomic E-state index is 12.0. The summed E-state index contributed by atoms with van der Waals surface area (Å²) >= 11 is 0. The first kappa shape index (κ1) is 14.8. The fourth-order valence-electron chi connectivity index (χ4n) is 2.82. The van der Waals surface area contributed by atoms with Gasteiger partial charge in [-0.05, 0) is 38.2 Å². The molecule has 1 amide bonds. The van der Waals surface area contributed by atoms with E-state index in [1.807, 2.05) is 23.9 Å². The van der Waals surface area contributed by atoms with Crippen molar-refractivity contribution in [2.45, 2.75) is 65.0 Å². The van der Waals surface area contributed by atoms with Crippen LogP contribution in [0.4, 0.5) is 0 Å². The van der Waals surface area contributed by atoms with E-state index in [1.54, 1.807) is 0 Å². The summed E-state index contributed by atoms with van der Waals surface area (Å²) in [6, 6.07) is 0.211. The number of aromatic nitrogens is 1. The lowest BCUT2D eigenvalue weighted by atomic mass is 10.1. The van der Waals surface area contributed by atoms with Gasteiger partial charge < -0.3 is 9.88 Å². The highest BCUT2D eigenvalue weighted by Crippen LogP contribution is 2.21. The van der Waals surface area contributed by atoms with Crippen molar-refractivity contribution in [2.75, 3.05) is 0 Å². The highest BCUT2D eigenvalue weighted by Gasteiger charge is 2.18. The van der Waals surface area contributed by atoms with Gasteiger partial charge in [0.25, 0.3) is 0 Å². The number of carbonyl (C=O) groups is 2. The van der Waals surface area contributed by atoms with Crippen LogP contribution in [-0.4, -0.2) is 22.3 Å². The summed E-state index contributed by atoms with van der Waals surface area (Å²) in [6.07, 6.45) is 9.47. The van der Waals surface area contributed by atoms with Crippen molar-refractivity contribution in [3.05, 3.63) is 23.5 Å². The number of Topliss-reactive ketones (excluding diaryl/α,β-unsaturated/α-hetero) is 1. The molecule has 1 unspecified atom stereocenters. The number of aryl methyl sites for hydroxylation is 1. The van der Waals surface area contributed by atoms with Crippen LogP contribution in [0, 0.1) is 0 Å². The maximum atomic E-state index is 12.0. The average molecular weight is 276 g/mol. The van der Waals surface area contributed by atoms with E-state index in [1.165, 1.54) is 0 Å². The van der Waals surface area contributed by atoms with Gasteiger partial charge >= 0.3 is 0 Å². The first-order chi connectivity index (χ1) is 9.60. The van der Waals surface area contributed by atoms with Gasteiger partial charge in [0.1, 0.15) is 6.54 Å². The van der Waals surface area contributed by atoms with Crippen molar-refractivity contribution in [2.24, 2.45) is 0 Å². The number of nitrogens with zero attached hydrogens (tertiary/aromatic N) is 1. The van der Waals surface area contributed by atoms with Gasteiger partial charge in [0, 0.05) is 30.4 Å². The second kappa shape index (κ2) is 6.73. The smallest absolute Gasteiger partial charge is 0.240 e. The molecular weight excluding hydrogens is 252 g/mol. The minimum atomic E-state index is 0.0172. The zero-order valence-electron chi connectivity index (χ0n) is 12.4. The predicted octanol–water partition coefficient (Wildman–Crippen LogP) is 2.70. The van der Waals surface area contributed by atoms with E-state index in [4.69, 9.17) is 0 Å². The summed E-state index contributed by atoms with van der Waals surface area (Å²) < 4.78 is 1.85. The summed E-state index contributed by atoms with van der Waals surface area (Å²) in [5.74, 6) is 0.236. The third-order valence-corrected chi connectivity index (χ3v) is 3.82. The minimum Gasteiger partial charge on any atom is -0.352 e. The summed E-state index contributed by atoms with van der Waals surface area (Å²) in [7, 11) is 0. The third kappa shape index (κ3) is 3.71. The van der Waals surface area contributed by atoms with E-state index in [9.17, 15) is 9.59 Å². The first-order valence-corrected chi connectivity index (χ1v) is 7.61. The molecule has 4 heteroatoms. The molecule has 0 saturated carbocycles. The van der Waals surface area contributed by atoms with Crippen LogP contribution in [0.1, 0.15) is 61.9 Å². The van der Waals surface area contributed by atoms with Crippen molar-refractivity contribution in [1.82, 2.24) is 9.88 Å². The summed E-state index contributed by atoms with van der Waals surface area (Å²) in [5.41, 5.74) is 1.92. The van der Waals surface area contributed by atoms with Crippen LogP contribution in [-0.2, 0) is 17.8 Å². The third-order valence-electron chi connectivity index (χ3n) is 3.82. The van der Waals surface area contributed by atoms with E-state index in [0.717, 1.165) is 43.2 Å². The fraction of sp³-hybridized carbons (Fsp3) is 0.625. The van der Waals surface area contributed by atoms with Gasteiger partial charge in [-0.25, -0.2) is 0 Å². The summed E-state index contributed by atoms with van der Waals surface area (Å²) in [4.78, 5) is 23.9. The molecule has 0 radical (unpaired) electrons. The molecule has 0 aromatic carbocycles. The first-order valence-electron chi connectivity index (χ1n) is 7.61. The fourth-order valence-corrected chi connectivity index (χ4v) is 2.82. The molecule has 20 heavy (non-hydrogen) atoms. The molecule has 110 valence electrons. The Morgan fingerprint density at radius 2 is 2.10 bits per heavy atom. The molecule has 1 aliphatic rings. The van der Waals surface area contributed by atoms with Crippen LogP contribution in [0.25, 0.3) is 0 Å². The number of carbonyl (C=O) groups excluding carboxylic acids is 2. The Bertz CT molecular complexity index is 491. The SMILES string of the molecule is CCCC(C)NC(=O)Cn1cc2c(c1)C(=O)CCCC2.